The number of methoxy groups -OCH3 is 2. The van der Waals surface area contributed by atoms with E-state index in [1.807, 2.05) is 62.2 Å². The van der Waals surface area contributed by atoms with Gasteiger partial charge in [0.2, 0.25) is 0 Å². The summed E-state index contributed by atoms with van der Waals surface area (Å²) in [5.41, 5.74) is 3.42. The largest absolute Gasteiger partial charge is 0.496 e. The molecule has 1 aliphatic carbocycles. The number of carboxylic acids is 1. The second-order valence-electron chi connectivity index (χ2n) is 21.0. The third kappa shape index (κ3) is 7.45. The number of aliphatic carboxylic acids is 1. The molecule has 2 aromatic carbocycles. The summed E-state index contributed by atoms with van der Waals surface area (Å²) in [6.07, 6.45) is 5.53. The number of aromatic nitrogens is 1. The normalized spacial score (nSPS) is 33.9. The van der Waals surface area contributed by atoms with Gasteiger partial charge in [0, 0.05) is 97.1 Å². The summed E-state index contributed by atoms with van der Waals surface area (Å²) in [5.74, 6) is -2.77. The average molecular weight is 970 g/mol. The number of aliphatic hydroxyl groups is 3. The lowest BCUT2D eigenvalue weighted by Crippen LogP contribution is -2.81. The van der Waals surface area contributed by atoms with E-state index >= 15 is 9.59 Å². The predicted octanol–water partition coefficient (Wildman–Crippen LogP) is 1.69. The van der Waals surface area contributed by atoms with E-state index in [4.69, 9.17) is 25.1 Å². The molecule has 3 fully saturated rings. The maximum absolute atomic E-state index is 15.4. The Morgan fingerprint density at radius 2 is 1.80 bits per heavy atom. The molecule has 70 heavy (non-hydrogen) atoms. The fourth-order valence-corrected chi connectivity index (χ4v) is 14.2. The van der Waals surface area contributed by atoms with Crippen molar-refractivity contribution in [2.75, 3.05) is 78.6 Å². The van der Waals surface area contributed by atoms with Crippen LogP contribution in [0.15, 0.2) is 48.6 Å². The molecular weight excluding hydrogens is 899 g/mol. The molecule has 1 amide bonds. The molecular formula is C52H71N7O11. The van der Waals surface area contributed by atoms with E-state index in [-0.39, 0.29) is 38.1 Å². The first-order chi connectivity index (χ1) is 33.4. The number of carbonyl (C=O) groups excluding carboxylic acids is 3. The van der Waals surface area contributed by atoms with Crippen LogP contribution in [-0.4, -0.2) is 174 Å². The van der Waals surface area contributed by atoms with Gasteiger partial charge < -0.3 is 60.9 Å². The number of likely N-dealkylation sites (N-methyl/N-ethyl adjacent to an activating group) is 1. The first kappa shape index (κ1) is 49.9. The number of hydrogen-bond acceptors (Lipinski definition) is 15. The lowest BCUT2D eigenvalue weighted by Gasteiger charge is -2.63. The molecule has 1 aromatic heterocycles. The standard InChI is InChI=1S/C52H71N7O11/c1-7-48(66)25-31-26-51(47(65)69-6,40-33(15-20-58(28-31)29-48)32-13-9-10-14-37(32)56-40)35-23-34-38(24-39(35)68-5)57(4)44-50(34)17-21-59-19-11-16-49(8-2,43(50)59)45(63)52(44,67)46(64)54-18-12-22-70-42(62)30(3)55-27-36(53)41(60)61/h9-11,13-14,16,23-24,30-31,36,43-45,55-56,63,66-67H,7-8,12,15,17-22,25-29,53H2,1-6H3,(H,54,64)(H,60,61)/t30?,31?,36?,43?,44?,45-,48?,49-,50?,51+,52+/m1/s1. The number of esters is 2. The van der Waals surface area contributed by atoms with Crippen molar-refractivity contribution < 1.29 is 53.8 Å². The number of fused-ring (bicyclic) bond motifs is 6. The van der Waals surface area contributed by atoms with E-state index in [1.54, 1.807) is 7.11 Å². The molecule has 2 saturated heterocycles. The molecule has 6 aliphatic rings. The lowest BCUT2D eigenvalue weighted by molar-refractivity contribution is -0.203. The summed E-state index contributed by atoms with van der Waals surface area (Å²) in [4.78, 5) is 64.6. The van der Waals surface area contributed by atoms with Gasteiger partial charge in [-0.3, -0.25) is 29.0 Å². The van der Waals surface area contributed by atoms with Gasteiger partial charge in [0.05, 0.1) is 32.5 Å². The van der Waals surface area contributed by atoms with Crippen LogP contribution >= 0.6 is 0 Å². The molecule has 1 saturated carbocycles. The number of nitrogens with zero attached hydrogens (tertiary/aromatic N) is 3. The van der Waals surface area contributed by atoms with Crippen molar-refractivity contribution in [3.8, 4) is 5.75 Å². The third-order valence-electron chi connectivity index (χ3n) is 17.4. The van der Waals surface area contributed by atoms with Gasteiger partial charge in [-0.15, -0.1) is 0 Å². The molecule has 6 heterocycles. The van der Waals surface area contributed by atoms with Crippen molar-refractivity contribution >= 4 is 40.4 Å². The van der Waals surface area contributed by atoms with Crippen molar-refractivity contribution in [3.63, 3.8) is 0 Å². The van der Waals surface area contributed by atoms with E-state index in [9.17, 15) is 24.9 Å². The zero-order chi connectivity index (χ0) is 50.1. The number of ether oxygens (including phenoxy) is 3. The fourth-order valence-electron chi connectivity index (χ4n) is 14.2. The van der Waals surface area contributed by atoms with Crippen molar-refractivity contribution in [2.45, 2.75) is 118 Å². The number of amides is 1. The second kappa shape index (κ2) is 18.5. The number of carboxylic acid groups (broad SMARTS) is 1. The summed E-state index contributed by atoms with van der Waals surface area (Å²) in [7, 11) is 4.84. The Balaban J connectivity index is 1.15. The van der Waals surface area contributed by atoms with Gasteiger partial charge in [-0.2, -0.15) is 0 Å². The van der Waals surface area contributed by atoms with Crippen molar-refractivity contribution in [1.82, 2.24) is 25.4 Å². The van der Waals surface area contributed by atoms with Gasteiger partial charge in [0.1, 0.15) is 29.4 Å². The Labute approximate surface area is 408 Å². The summed E-state index contributed by atoms with van der Waals surface area (Å²) in [5, 5.41) is 54.2. The van der Waals surface area contributed by atoms with Crippen LogP contribution in [0.25, 0.3) is 10.9 Å². The van der Waals surface area contributed by atoms with Crippen LogP contribution < -0.4 is 26.0 Å². The summed E-state index contributed by atoms with van der Waals surface area (Å²) < 4.78 is 17.8. The average Bonchev–Trinajstić information content (AvgIpc) is 4.02. The van der Waals surface area contributed by atoms with Gasteiger partial charge in [-0.05, 0) is 87.6 Å². The Morgan fingerprint density at radius 3 is 2.51 bits per heavy atom. The highest BCUT2D eigenvalue weighted by Gasteiger charge is 2.78. The zero-order valence-corrected chi connectivity index (χ0v) is 41.3. The number of para-hydroxylation sites is 1. The van der Waals surface area contributed by atoms with E-state index in [1.165, 1.54) is 14.0 Å². The van der Waals surface area contributed by atoms with Gasteiger partial charge in [-0.1, -0.05) is 44.2 Å². The number of anilines is 1. The van der Waals surface area contributed by atoms with Gasteiger partial charge in [0.25, 0.3) is 5.91 Å². The first-order valence-corrected chi connectivity index (χ1v) is 25.0. The zero-order valence-electron chi connectivity index (χ0n) is 41.3. The van der Waals surface area contributed by atoms with Crippen molar-refractivity contribution in [2.24, 2.45) is 17.1 Å². The van der Waals surface area contributed by atoms with E-state index in [2.05, 4.69) is 37.6 Å². The van der Waals surface area contributed by atoms with Crippen LogP contribution in [-0.2, 0) is 45.9 Å². The number of aromatic amines is 1. The highest BCUT2D eigenvalue weighted by Crippen LogP contribution is 2.67. The molecule has 1 spiro atoms. The summed E-state index contributed by atoms with van der Waals surface area (Å²) in [6, 6.07) is 8.71. The number of hydrogen-bond donors (Lipinski definition) is 8. The number of nitrogens with two attached hydrogens (primary N) is 1. The molecule has 18 nitrogen and oxygen atoms in total. The smallest absolute Gasteiger partial charge is 0.322 e. The van der Waals surface area contributed by atoms with Crippen molar-refractivity contribution in [3.05, 3.63) is 70.9 Å². The van der Waals surface area contributed by atoms with Crippen LogP contribution in [0, 0.1) is 11.3 Å². The summed E-state index contributed by atoms with van der Waals surface area (Å²) in [6.45, 7) is 8.45. The second-order valence-corrected chi connectivity index (χ2v) is 21.0. The SMILES string of the molecule is CCC1(O)CC2CN(CCc3c([nH]c4ccccc34)[C@@](C(=O)OC)(c3cc4c(cc3OC)N(C)C3C45CCN4CC=C[C@](CC)(C45)[C@@H](O)[C@]3(O)C(=O)NCCCOC(=O)C(C)NCC(N)C(=O)O)C2)C1. The number of nitrogens with one attached hydrogen (secondary N) is 3. The monoisotopic (exact) mass is 970 g/mol. The molecule has 18 heteroatoms. The van der Waals surface area contributed by atoms with E-state index < -0.39 is 75.5 Å². The molecule has 2 bridgehead atoms. The molecule has 9 N–H and O–H groups in total. The highest BCUT2D eigenvalue weighted by atomic mass is 16.5. The highest BCUT2D eigenvalue weighted by molar-refractivity contribution is 5.95. The topological polar surface area (TPSA) is 252 Å². The van der Waals surface area contributed by atoms with Gasteiger partial charge in [0.15, 0.2) is 5.60 Å². The molecule has 0 radical (unpaired) electrons. The van der Waals surface area contributed by atoms with Gasteiger partial charge >= 0.3 is 17.9 Å². The predicted molar refractivity (Wildman–Crippen MR) is 261 cm³/mol. The first-order valence-electron chi connectivity index (χ1n) is 25.0. The molecule has 5 aliphatic heterocycles. The minimum atomic E-state index is -2.39. The van der Waals surface area contributed by atoms with Crippen LogP contribution in [0.3, 0.4) is 0 Å². The number of rotatable bonds is 15. The fraction of sp³-hybridized carbons (Fsp3) is 0.615. The molecule has 380 valence electrons. The van der Waals surface area contributed by atoms with Crippen LogP contribution in [0.2, 0.25) is 0 Å². The number of carbonyl (C=O) groups is 4. The van der Waals surface area contributed by atoms with Crippen molar-refractivity contribution in [1.29, 1.82) is 0 Å². The summed E-state index contributed by atoms with van der Waals surface area (Å²) >= 11 is 0. The Morgan fingerprint density at radius 1 is 1.03 bits per heavy atom. The number of piperidine rings is 1. The third-order valence-corrected chi connectivity index (χ3v) is 17.4. The van der Waals surface area contributed by atoms with E-state index in [0.717, 1.165) is 27.7 Å². The Kier molecular flexibility index (Phi) is 13.2. The minimum Gasteiger partial charge on any atom is -0.496 e. The van der Waals surface area contributed by atoms with Crippen LogP contribution in [0.4, 0.5) is 5.69 Å². The molecule has 12 atom stereocenters. The lowest BCUT2D eigenvalue weighted by atomic mass is 9.47. The van der Waals surface area contributed by atoms with Crippen LogP contribution in [0.5, 0.6) is 5.75 Å². The van der Waals surface area contributed by atoms with Gasteiger partial charge in [-0.25, -0.2) is 0 Å². The molecule has 9 rings (SSSR count). The van der Waals surface area contributed by atoms with Crippen LogP contribution in [0.1, 0.15) is 81.7 Å². The molecule has 8 unspecified atom stereocenters. The minimum absolute atomic E-state index is 0.00590. The maximum atomic E-state index is 15.4. The maximum Gasteiger partial charge on any atom is 0.322 e. The molecule has 3 aromatic rings. The number of aliphatic hydroxyl groups excluding tert-OH is 1. The number of benzene rings is 2. The Hall–Kier alpha value is -5.08. The quantitative estimate of drug-likeness (QED) is 0.0613. The van der Waals surface area contributed by atoms with E-state index in [0.29, 0.717) is 88.2 Å². The number of H-pyrrole nitrogens is 1. The Bertz CT molecular complexity index is 2570.